The van der Waals surface area contributed by atoms with E-state index < -0.39 is 0 Å². The van der Waals surface area contributed by atoms with E-state index in [9.17, 15) is 0 Å². The number of halogens is 1. The number of rotatable bonds is 4. The van der Waals surface area contributed by atoms with Gasteiger partial charge in [0.1, 0.15) is 0 Å². The van der Waals surface area contributed by atoms with Crippen LogP contribution in [0.15, 0.2) is 0 Å². The molecule has 1 saturated heterocycles. The number of aromatic nitrogens is 7. The molecule has 1 atom stereocenters. The summed E-state index contributed by atoms with van der Waals surface area (Å²) in [6, 6.07) is -0.184. The highest BCUT2D eigenvalue weighted by Gasteiger charge is 2.17. The number of nitrogens with one attached hydrogen (secondary N) is 2. The monoisotopic (exact) mass is 309 g/mol. The maximum Gasteiger partial charge on any atom is 0.231 e. The van der Waals surface area contributed by atoms with Crippen LogP contribution in [0, 0.1) is 0 Å². The maximum absolute atomic E-state index is 6.00. The molecule has 2 N–H and O–H groups in total. The Hall–Kier alpha value is -2.03. The average molecular weight is 310 g/mol. The number of hydrogen-bond donors (Lipinski definition) is 2. The van der Waals surface area contributed by atoms with E-state index in [1.54, 1.807) is 0 Å². The summed E-state index contributed by atoms with van der Waals surface area (Å²) < 4.78 is 0. The number of piperidine rings is 1. The van der Waals surface area contributed by atoms with E-state index in [2.05, 4.69) is 45.8 Å². The van der Waals surface area contributed by atoms with Crippen molar-refractivity contribution in [2.75, 3.05) is 23.3 Å². The maximum atomic E-state index is 6.00. The topological polar surface area (TPSA) is 108 Å². The van der Waals surface area contributed by atoms with Crippen LogP contribution in [0.5, 0.6) is 0 Å². The van der Waals surface area contributed by atoms with E-state index in [1.165, 1.54) is 6.42 Å². The SMILES string of the molecule is CC(Nc1nc(Cl)nc(N2CCCCC2)n1)c1nn[nH]n1. The van der Waals surface area contributed by atoms with Gasteiger partial charge in [0.15, 0.2) is 5.82 Å². The molecule has 3 rings (SSSR count). The Balaban J connectivity index is 1.77. The number of aromatic amines is 1. The molecule has 0 bridgehead atoms. The molecular formula is C11H16ClN9. The van der Waals surface area contributed by atoms with Gasteiger partial charge >= 0.3 is 0 Å². The third-order valence-corrected chi connectivity index (χ3v) is 3.50. The molecule has 0 spiro atoms. The normalized spacial score (nSPS) is 16.8. The zero-order valence-corrected chi connectivity index (χ0v) is 12.4. The second-order valence-corrected chi connectivity index (χ2v) is 5.25. The number of anilines is 2. The highest BCUT2D eigenvalue weighted by atomic mass is 35.5. The first kappa shape index (κ1) is 13.9. The van der Waals surface area contributed by atoms with Gasteiger partial charge < -0.3 is 10.2 Å². The van der Waals surface area contributed by atoms with Crippen LogP contribution in [0.4, 0.5) is 11.9 Å². The first-order valence-corrected chi connectivity index (χ1v) is 7.26. The standard InChI is InChI=1S/C11H16ClN9/c1-7(8-17-19-20-18-8)13-10-14-9(12)15-11(16-10)21-5-3-2-4-6-21/h7H,2-6H2,1H3,(H,13,14,15,16)(H,17,18,19,20). The molecule has 0 amide bonds. The lowest BCUT2D eigenvalue weighted by atomic mass is 10.1. The summed E-state index contributed by atoms with van der Waals surface area (Å²) >= 11 is 6.00. The first-order valence-electron chi connectivity index (χ1n) is 6.89. The van der Waals surface area contributed by atoms with Crippen molar-refractivity contribution < 1.29 is 0 Å². The van der Waals surface area contributed by atoms with E-state index >= 15 is 0 Å². The Bertz CT molecular complexity index is 581. The largest absolute Gasteiger partial charge is 0.344 e. The number of H-pyrrole nitrogens is 1. The fourth-order valence-electron chi connectivity index (χ4n) is 2.25. The smallest absolute Gasteiger partial charge is 0.231 e. The molecule has 0 aromatic carbocycles. The van der Waals surface area contributed by atoms with Gasteiger partial charge in [0, 0.05) is 13.1 Å². The number of hydrogen-bond acceptors (Lipinski definition) is 8. The van der Waals surface area contributed by atoms with Crippen LogP contribution in [0.3, 0.4) is 0 Å². The lowest BCUT2D eigenvalue weighted by Crippen LogP contribution is -2.31. The van der Waals surface area contributed by atoms with Gasteiger partial charge in [-0.3, -0.25) is 0 Å². The Morgan fingerprint density at radius 1 is 1.19 bits per heavy atom. The quantitative estimate of drug-likeness (QED) is 0.867. The Morgan fingerprint density at radius 2 is 2.00 bits per heavy atom. The summed E-state index contributed by atoms with van der Waals surface area (Å²) in [4.78, 5) is 14.9. The van der Waals surface area contributed by atoms with Crippen molar-refractivity contribution in [1.82, 2.24) is 35.6 Å². The molecule has 21 heavy (non-hydrogen) atoms. The highest BCUT2D eigenvalue weighted by molar-refractivity contribution is 6.28. The molecule has 10 heteroatoms. The first-order chi connectivity index (χ1) is 10.2. The van der Waals surface area contributed by atoms with Gasteiger partial charge in [-0.15, -0.1) is 10.2 Å². The van der Waals surface area contributed by atoms with Crippen molar-refractivity contribution in [2.45, 2.75) is 32.2 Å². The zero-order valence-electron chi connectivity index (χ0n) is 11.6. The lowest BCUT2D eigenvalue weighted by Gasteiger charge is -2.26. The second-order valence-electron chi connectivity index (χ2n) is 4.91. The van der Waals surface area contributed by atoms with Crippen molar-refractivity contribution in [1.29, 1.82) is 0 Å². The molecule has 3 heterocycles. The van der Waals surface area contributed by atoms with Gasteiger partial charge in [-0.05, 0) is 37.8 Å². The van der Waals surface area contributed by atoms with E-state index in [-0.39, 0.29) is 11.3 Å². The molecule has 2 aromatic heterocycles. The summed E-state index contributed by atoms with van der Waals surface area (Å²) in [7, 11) is 0. The Kier molecular flexibility index (Phi) is 4.09. The van der Waals surface area contributed by atoms with Crippen molar-refractivity contribution in [2.24, 2.45) is 0 Å². The van der Waals surface area contributed by atoms with Crippen LogP contribution in [-0.2, 0) is 0 Å². The second kappa shape index (κ2) is 6.17. The number of tetrazole rings is 1. The van der Waals surface area contributed by atoms with E-state index in [0.29, 0.717) is 17.7 Å². The van der Waals surface area contributed by atoms with Crippen LogP contribution < -0.4 is 10.2 Å². The Labute approximate surface area is 126 Å². The van der Waals surface area contributed by atoms with Crippen LogP contribution in [0.2, 0.25) is 5.28 Å². The molecular weight excluding hydrogens is 294 g/mol. The molecule has 0 saturated carbocycles. The minimum absolute atomic E-state index is 0.174. The summed E-state index contributed by atoms with van der Waals surface area (Å²) in [6.45, 7) is 3.78. The molecule has 0 aliphatic carbocycles. The van der Waals surface area contributed by atoms with Crippen molar-refractivity contribution in [3.63, 3.8) is 0 Å². The summed E-state index contributed by atoms with van der Waals surface area (Å²) in [5, 5.41) is 17.1. The van der Waals surface area contributed by atoms with Crippen molar-refractivity contribution in [3.05, 3.63) is 11.1 Å². The molecule has 1 fully saturated rings. The molecule has 112 valence electrons. The van der Waals surface area contributed by atoms with Gasteiger partial charge in [0.2, 0.25) is 17.2 Å². The Morgan fingerprint density at radius 3 is 2.71 bits per heavy atom. The lowest BCUT2D eigenvalue weighted by molar-refractivity contribution is 0.567. The molecule has 2 aromatic rings. The molecule has 1 unspecified atom stereocenters. The molecule has 1 aliphatic heterocycles. The van der Waals surface area contributed by atoms with Gasteiger partial charge in [-0.2, -0.15) is 20.2 Å². The van der Waals surface area contributed by atoms with Gasteiger partial charge in [0.25, 0.3) is 0 Å². The zero-order chi connectivity index (χ0) is 14.7. The molecule has 1 aliphatic rings. The third-order valence-electron chi connectivity index (χ3n) is 3.33. The van der Waals surface area contributed by atoms with E-state index in [1.807, 2.05) is 6.92 Å². The minimum Gasteiger partial charge on any atom is -0.344 e. The summed E-state index contributed by atoms with van der Waals surface area (Å²) in [5.74, 6) is 1.55. The predicted molar refractivity (Wildman–Crippen MR) is 77.1 cm³/mol. The summed E-state index contributed by atoms with van der Waals surface area (Å²) in [5.41, 5.74) is 0. The van der Waals surface area contributed by atoms with E-state index in [0.717, 1.165) is 25.9 Å². The summed E-state index contributed by atoms with van der Waals surface area (Å²) in [6.07, 6.45) is 3.53. The fourth-order valence-corrected chi connectivity index (χ4v) is 2.41. The third kappa shape index (κ3) is 3.35. The van der Waals surface area contributed by atoms with Gasteiger partial charge in [0.05, 0.1) is 6.04 Å². The van der Waals surface area contributed by atoms with Crippen LogP contribution >= 0.6 is 11.6 Å². The van der Waals surface area contributed by atoms with Gasteiger partial charge in [-0.25, -0.2) is 0 Å². The average Bonchev–Trinajstić information content (AvgIpc) is 3.02. The van der Waals surface area contributed by atoms with Gasteiger partial charge in [-0.1, -0.05) is 5.21 Å². The number of nitrogens with zero attached hydrogens (tertiary/aromatic N) is 7. The van der Waals surface area contributed by atoms with Crippen LogP contribution in [0.1, 0.15) is 38.1 Å². The molecule has 0 radical (unpaired) electrons. The fraction of sp³-hybridized carbons (Fsp3) is 0.636. The van der Waals surface area contributed by atoms with Crippen molar-refractivity contribution in [3.8, 4) is 0 Å². The van der Waals surface area contributed by atoms with E-state index in [4.69, 9.17) is 11.6 Å². The van der Waals surface area contributed by atoms with Crippen molar-refractivity contribution >= 4 is 23.5 Å². The highest BCUT2D eigenvalue weighted by Crippen LogP contribution is 2.20. The minimum atomic E-state index is -0.184. The van der Waals surface area contributed by atoms with Crippen LogP contribution in [0.25, 0.3) is 0 Å². The van der Waals surface area contributed by atoms with Crippen LogP contribution in [-0.4, -0.2) is 48.7 Å². The molecule has 9 nitrogen and oxygen atoms in total. The predicted octanol–water partition coefficient (Wildman–Crippen LogP) is 1.20.